The number of benzene rings is 1. The Kier molecular flexibility index (Phi) is 4.05. The van der Waals surface area contributed by atoms with Crippen LogP contribution in [0.4, 0.5) is 5.69 Å². The van der Waals surface area contributed by atoms with Crippen LogP contribution in [-0.2, 0) is 0 Å². The molecule has 20 heavy (non-hydrogen) atoms. The van der Waals surface area contributed by atoms with Gasteiger partial charge in [-0.1, -0.05) is 25.3 Å². The average molecular weight is 269 g/mol. The normalized spacial score (nSPS) is 17.9. The molecule has 1 N–H and O–H groups in total. The lowest BCUT2D eigenvalue weighted by Gasteiger charge is -2.29. The summed E-state index contributed by atoms with van der Waals surface area (Å²) in [7, 11) is 0. The molecule has 3 rings (SSSR count). The maximum atomic E-state index is 4.29. The molecule has 1 aromatic heterocycles. The third-order valence-electron chi connectivity index (χ3n) is 4.37. The maximum Gasteiger partial charge on any atom is 0.0666 e. The first-order valence-electron chi connectivity index (χ1n) is 7.69. The minimum absolute atomic E-state index is 0.545. The van der Waals surface area contributed by atoms with Crippen LogP contribution in [0.25, 0.3) is 5.69 Å². The van der Waals surface area contributed by atoms with E-state index in [1.807, 2.05) is 23.1 Å². The molecule has 3 nitrogen and oxygen atoms in total. The Labute approximate surface area is 121 Å². The highest BCUT2D eigenvalue weighted by atomic mass is 15.3. The summed E-state index contributed by atoms with van der Waals surface area (Å²) < 4.78 is 1.90. The highest BCUT2D eigenvalue weighted by Gasteiger charge is 2.19. The topological polar surface area (TPSA) is 29.9 Å². The summed E-state index contributed by atoms with van der Waals surface area (Å²) in [6.07, 6.45) is 10.7. The van der Waals surface area contributed by atoms with Crippen molar-refractivity contribution in [3.63, 3.8) is 0 Å². The second kappa shape index (κ2) is 6.12. The molecule has 1 unspecified atom stereocenters. The molecule has 1 atom stereocenters. The van der Waals surface area contributed by atoms with Gasteiger partial charge in [-0.05, 0) is 49.9 Å². The standard InChI is InChI=1S/C17H23N3/c1-14(15-7-3-2-4-8-15)19-16-9-5-10-17(13-16)20-12-6-11-18-20/h5-6,9-15,19H,2-4,7-8H2,1H3. The fourth-order valence-electron chi connectivity index (χ4n) is 3.17. The van der Waals surface area contributed by atoms with E-state index in [1.165, 1.54) is 37.8 Å². The van der Waals surface area contributed by atoms with Crippen LogP contribution in [0.1, 0.15) is 39.0 Å². The SMILES string of the molecule is CC(Nc1cccc(-n2cccn2)c1)C1CCCCC1. The second-order valence-electron chi connectivity index (χ2n) is 5.83. The fraction of sp³-hybridized carbons (Fsp3) is 0.471. The smallest absolute Gasteiger partial charge is 0.0666 e. The van der Waals surface area contributed by atoms with Crippen molar-refractivity contribution < 1.29 is 0 Å². The molecule has 1 aliphatic rings. The van der Waals surface area contributed by atoms with Crippen LogP contribution in [0.15, 0.2) is 42.7 Å². The van der Waals surface area contributed by atoms with Crippen LogP contribution < -0.4 is 5.32 Å². The van der Waals surface area contributed by atoms with E-state index in [0.717, 1.165) is 11.6 Å². The van der Waals surface area contributed by atoms with Gasteiger partial charge in [-0.3, -0.25) is 0 Å². The Balaban J connectivity index is 1.69. The zero-order chi connectivity index (χ0) is 13.8. The summed E-state index contributed by atoms with van der Waals surface area (Å²) in [6.45, 7) is 2.32. The first-order valence-corrected chi connectivity index (χ1v) is 7.69. The number of anilines is 1. The van der Waals surface area contributed by atoms with Crippen molar-refractivity contribution in [2.24, 2.45) is 5.92 Å². The predicted molar refractivity (Wildman–Crippen MR) is 83.2 cm³/mol. The van der Waals surface area contributed by atoms with E-state index in [4.69, 9.17) is 0 Å². The van der Waals surface area contributed by atoms with Crippen molar-refractivity contribution >= 4 is 5.69 Å². The second-order valence-corrected chi connectivity index (χ2v) is 5.83. The summed E-state index contributed by atoms with van der Waals surface area (Å²) >= 11 is 0. The molecular formula is C17H23N3. The van der Waals surface area contributed by atoms with Crippen molar-refractivity contribution in [3.05, 3.63) is 42.7 Å². The van der Waals surface area contributed by atoms with Gasteiger partial charge in [-0.15, -0.1) is 0 Å². The Bertz CT molecular complexity index is 527. The number of hydrogen-bond donors (Lipinski definition) is 1. The highest BCUT2D eigenvalue weighted by Crippen LogP contribution is 2.28. The average Bonchev–Trinajstić information content (AvgIpc) is 3.03. The van der Waals surface area contributed by atoms with Crippen LogP contribution >= 0.6 is 0 Å². The van der Waals surface area contributed by atoms with E-state index in [-0.39, 0.29) is 0 Å². The van der Waals surface area contributed by atoms with E-state index in [2.05, 4.69) is 41.6 Å². The number of nitrogens with one attached hydrogen (secondary N) is 1. The van der Waals surface area contributed by atoms with Crippen molar-refractivity contribution in [2.45, 2.75) is 45.1 Å². The van der Waals surface area contributed by atoms with Gasteiger partial charge in [0.25, 0.3) is 0 Å². The molecule has 0 amide bonds. The Morgan fingerprint density at radius 1 is 1.20 bits per heavy atom. The zero-order valence-corrected chi connectivity index (χ0v) is 12.1. The van der Waals surface area contributed by atoms with Gasteiger partial charge < -0.3 is 5.32 Å². The summed E-state index contributed by atoms with van der Waals surface area (Å²) in [5.41, 5.74) is 2.30. The number of aromatic nitrogens is 2. The first-order chi connectivity index (χ1) is 9.83. The Hall–Kier alpha value is -1.77. The van der Waals surface area contributed by atoms with E-state index < -0.39 is 0 Å². The molecule has 1 aromatic carbocycles. The molecule has 1 aliphatic carbocycles. The Morgan fingerprint density at radius 3 is 2.80 bits per heavy atom. The summed E-state index contributed by atoms with van der Waals surface area (Å²) in [5, 5.41) is 7.96. The van der Waals surface area contributed by atoms with E-state index in [9.17, 15) is 0 Å². The third-order valence-corrected chi connectivity index (χ3v) is 4.37. The lowest BCUT2D eigenvalue weighted by Crippen LogP contribution is -2.27. The number of nitrogens with zero attached hydrogens (tertiary/aromatic N) is 2. The van der Waals surface area contributed by atoms with Gasteiger partial charge in [-0.2, -0.15) is 5.10 Å². The van der Waals surface area contributed by atoms with Gasteiger partial charge >= 0.3 is 0 Å². The van der Waals surface area contributed by atoms with Gasteiger partial charge in [0.15, 0.2) is 0 Å². The molecule has 0 saturated heterocycles. The predicted octanol–water partition coefficient (Wildman–Crippen LogP) is 4.25. The molecule has 0 bridgehead atoms. The van der Waals surface area contributed by atoms with E-state index >= 15 is 0 Å². The van der Waals surface area contributed by atoms with E-state index in [0.29, 0.717) is 6.04 Å². The molecule has 1 saturated carbocycles. The van der Waals surface area contributed by atoms with Gasteiger partial charge in [0.1, 0.15) is 0 Å². The van der Waals surface area contributed by atoms with Crippen molar-refractivity contribution in [3.8, 4) is 5.69 Å². The van der Waals surface area contributed by atoms with Crippen LogP contribution in [0.5, 0.6) is 0 Å². The van der Waals surface area contributed by atoms with Gasteiger partial charge in [0, 0.05) is 24.1 Å². The van der Waals surface area contributed by atoms with Gasteiger partial charge in [0.2, 0.25) is 0 Å². The zero-order valence-electron chi connectivity index (χ0n) is 12.1. The molecule has 3 heteroatoms. The lowest BCUT2D eigenvalue weighted by atomic mass is 9.84. The minimum Gasteiger partial charge on any atom is -0.382 e. The van der Waals surface area contributed by atoms with Gasteiger partial charge in [-0.25, -0.2) is 4.68 Å². The summed E-state index contributed by atoms with van der Waals surface area (Å²) in [4.78, 5) is 0. The largest absolute Gasteiger partial charge is 0.382 e. The Morgan fingerprint density at radius 2 is 2.05 bits per heavy atom. The lowest BCUT2D eigenvalue weighted by molar-refractivity contribution is 0.328. The molecular weight excluding hydrogens is 246 g/mol. The molecule has 1 fully saturated rings. The third kappa shape index (κ3) is 3.03. The van der Waals surface area contributed by atoms with Crippen molar-refractivity contribution in [1.82, 2.24) is 9.78 Å². The monoisotopic (exact) mass is 269 g/mol. The molecule has 0 aliphatic heterocycles. The summed E-state index contributed by atoms with van der Waals surface area (Å²) in [5.74, 6) is 0.817. The maximum absolute atomic E-state index is 4.29. The number of hydrogen-bond acceptors (Lipinski definition) is 2. The van der Waals surface area contributed by atoms with Crippen molar-refractivity contribution in [2.75, 3.05) is 5.32 Å². The van der Waals surface area contributed by atoms with Crippen LogP contribution in [0.3, 0.4) is 0 Å². The fourth-order valence-corrected chi connectivity index (χ4v) is 3.17. The molecule has 106 valence electrons. The summed E-state index contributed by atoms with van der Waals surface area (Å²) in [6, 6.07) is 11.0. The quantitative estimate of drug-likeness (QED) is 0.899. The number of rotatable bonds is 4. The van der Waals surface area contributed by atoms with Crippen molar-refractivity contribution in [1.29, 1.82) is 0 Å². The van der Waals surface area contributed by atoms with Crippen LogP contribution in [0, 0.1) is 5.92 Å². The molecule has 1 heterocycles. The highest BCUT2D eigenvalue weighted by molar-refractivity contribution is 5.51. The van der Waals surface area contributed by atoms with Gasteiger partial charge in [0.05, 0.1) is 5.69 Å². The molecule has 0 spiro atoms. The van der Waals surface area contributed by atoms with E-state index in [1.54, 1.807) is 0 Å². The first kappa shape index (κ1) is 13.2. The molecule has 2 aromatic rings. The minimum atomic E-state index is 0.545. The molecule has 0 radical (unpaired) electrons. The van der Waals surface area contributed by atoms with Crippen LogP contribution in [-0.4, -0.2) is 15.8 Å². The van der Waals surface area contributed by atoms with Crippen LogP contribution in [0.2, 0.25) is 0 Å².